The van der Waals surface area contributed by atoms with Crippen LogP contribution in [-0.4, -0.2) is 79.0 Å². The van der Waals surface area contributed by atoms with Crippen LogP contribution in [-0.2, 0) is 38.9 Å². The first-order chi connectivity index (χ1) is 31.0. The molecule has 1 aliphatic heterocycles. The maximum Gasteiger partial charge on any atom is 0.508 e. The average Bonchev–Trinajstić information content (AvgIpc) is 3.70. The molecule has 3 aromatic carbocycles. The number of methoxy groups -OCH3 is 2. The third-order valence-corrected chi connectivity index (χ3v) is 11.0. The lowest BCUT2D eigenvalue weighted by atomic mass is 9.80. The monoisotopic (exact) mass is 884 g/mol. The largest absolute Gasteiger partial charge is 0.508 e. The molecule has 0 amide bonds. The fourth-order valence-electron chi connectivity index (χ4n) is 7.56. The van der Waals surface area contributed by atoms with Crippen molar-refractivity contribution in [1.29, 1.82) is 0 Å². The van der Waals surface area contributed by atoms with Gasteiger partial charge in [-0.2, -0.15) is 0 Å². The maximum absolute atomic E-state index is 13.2. The van der Waals surface area contributed by atoms with Crippen LogP contribution >= 0.6 is 0 Å². The van der Waals surface area contributed by atoms with E-state index in [4.69, 9.17) is 38.3 Å². The Hall–Kier alpha value is -6.19. The van der Waals surface area contributed by atoms with E-state index in [1.54, 1.807) is 27.2 Å². The minimum atomic E-state index is -1.21. The molecule has 0 spiro atoms. The van der Waals surface area contributed by atoms with Crippen LogP contribution in [0.25, 0.3) is 0 Å². The number of nitrogens with zero attached hydrogens (tertiary/aromatic N) is 1. The number of unbranched alkanes of at least 4 members (excludes halogenated alkanes) is 7. The number of allylic oxidation sites excluding steroid dienone is 1. The highest BCUT2D eigenvalue weighted by molar-refractivity contribution is 5.69. The van der Waals surface area contributed by atoms with Gasteiger partial charge in [0, 0.05) is 31.0 Å². The third kappa shape index (κ3) is 14.2. The quantitative estimate of drug-likeness (QED) is 0.0266. The maximum atomic E-state index is 13.2. The molecule has 15 nitrogen and oxygen atoms in total. The van der Waals surface area contributed by atoms with Crippen molar-refractivity contribution in [2.24, 2.45) is 0 Å². The Morgan fingerprint density at radius 3 is 2.02 bits per heavy atom. The minimum absolute atomic E-state index is 0.0455. The number of carbonyl (C=O) groups excluding carboxylic acids is 2. The number of aromatic nitrogens is 2. The van der Waals surface area contributed by atoms with E-state index in [2.05, 4.69) is 4.98 Å². The van der Waals surface area contributed by atoms with Gasteiger partial charge in [0.25, 0.3) is 5.56 Å². The van der Waals surface area contributed by atoms with E-state index in [-0.39, 0.29) is 32.0 Å². The van der Waals surface area contributed by atoms with Crippen molar-refractivity contribution in [2.75, 3.05) is 34.0 Å². The van der Waals surface area contributed by atoms with Crippen LogP contribution in [0.5, 0.6) is 11.5 Å². The van der Waals surface area contributed by atoms with E-state index in [1.165, 1.54) is 10.8 Å². The van der Waals surface area contributed by atoms with Gasteiger partial charge in [-0.25, -0.2) is 9.59 Å². The van der Waals surface area contributed by atoms with Gasteiger partial charge in [-0.15, -0.1) is 0 Å². The summed E-state index contributed by atoms with van der Waals surface area (Å²) in [7, 11) is 3.19. The third-order valence-electron chi connectivity index (χ3n) is 11.0. The second-order valence-electron chi connectivity index (χ2n) is 15.6. The molecule has 15 heteroatoms. The fourth-order valence-corrected chi connectivity index (χ4v) is 7.56. The summed E-state index contributed by atoms with van der Waals surface area (Å²) in [6, 6.07) is 24.8. The molecule has 0 unspecified atom stereocenters. The summed E-state index contributed by atoms with van der Waals surface area (Å²) < 4.78 is 42.4. The van der Waals surface area contributed by atoms with Gasteiger partial charge in [0.2, 0.25) is 0 Å². The number of aromatic amines is 1. The highest BCUT2D eigenvalue weighted by Gasteiger charge is 2.44. The number of rotatable bonds is 26. The fraction of sp³-hybridized carbons (Fsp3) is 0.449. The number of H-pyrrole nitrogens is 1. The molecule has 0 saturated carbocycles. The Morgan fingerprint density at radius 1 is 0.781 bits per heavy atom. The summed E-state index contributed by atoms with van der Waals surface area (Å²) in [5, 5.41) is 8.70. The van der Waals surface area contributed by atoms with E-state index in [9.17, 15) is 24.0 Å². The van der Waals surface area contributed by atoms with Crippen molar-refractivity contribution in [2.45, 2.75) is 108 Å². The van der Waals surface area contributed by atoms with Gasteiger partial charge >= 0.3 is 23.8 Å². The van der Waals surface area contributed by atoms with E-state index in [1.807, 2.05) is 84.9 Å². The number of hydrogen-bond acceptors (Lipinski definition) is 12. The molecule has 1 aliphatic rings. The average molecular weight is 885 g/mol. The van der Waals surface area contributed by atoms with Gasteiger partial charge in [-0.1, -0.05) is 92.4 Å². The number of ether oxygens (including phenoxy) is 7. The summed E-state index contributed by atoms with van der Waals surface area (Å²) in [6.07, 6.45) is 9.33. The number of hydrogen-bond donors (Lipinski definition) is 2. The van der Waals surface area contributed by atoms with Crippen molar-refractivity contribution in [3.8, 4) is 11.5 Å². The molecule has 0 aliphatic carbocycles. The molecule has 1 aromatic heterocycles. The Kier molecular flexibility index (Phi) is 19.2. The molecule has 1 saturated heterocycles. The summed E-state index contributed by atoms with van der Waals surface area (Å²) in [6.45, 7) is 1.76. The topological polar surface area (TPSA) is 191 Å². The summed E-state index contributed by atoms with van der Waals surface area (Å²) in [5.74, 6) is 0.335. The molecule has 1 fully saturated rings. The predicted molar refractivity (Wildman–Crippen MR) is 238 cm³/mol. The van der Waals surface area contributed by atoms with Gasteiger partial charge in [-0.05, 0) is 80.0 Å². The van der Waals surface area contributed by atoms with Crippen LogP contribution in [0.3, 0.4) is 0 Å². The molecule has 2 N–H and O–H groups in total. The second kappa shape index (κ2) is 25.2. The lowest BCUT2D eigenvalue weighted by Gasteiger charge is -2.37. The zero-order valence-electron chi connectivity index (χ0n) is 36.9. The molecule has 344 valence electrons. The summed E-state index contributed by atoms with van der Waals surface area (Å²) in [4.78, 5) is 63.4. The number of carboxylic acids is 1. The SMILES string of the molecule is COc1ccc(C(OC[C@H]2O[C@@H](n3cc(C)c(=O)[nH]c3=O)C[C@@H]2OC(=O)OC/C=C/CCCCOC(=O)CCCCCCCCC(=O)O)(c2ccccc2)c2ccc(OC)cc2)cc1. The first kappa shape index (κ1) is 48.8. The predicted octanol–water partition coefficient (Wildman–Crippen LogP) is 8.16. The van der Waals surface area contributed by atoms with Crippen LogP contribution in [0, 0.1) is 6.92 Å². The van der Waals surface area contributed by atoms with Crippen molar-refractivity contribution in [1.82, 2.24) is 9.55 Å². The highest BCUT2D eigenvalue weighted by atomic mass is 16.7. The Morgan fingerprint density at radius 2 is 1.39 bits per heavy atom. The molecule has 5 rings (SSSR count). The Bertz CT molecular complexity index is 2170. The van der Waals surface area contributed by atoms with Crippen molar-refractivity contribution >= 4 is 18.1 Å². The van der Waals surface area contributed by atoms with Crippen LogP contribution in [0.2, 0.25) is 0 Å². The second-order valence-corrected chi connectivity index (χ2v) is 15.6. The first-order valence-corrected chi connectivity index (χ1v) is 21.9. The van der Waals surface area contributed by atoms with E-state index in [0.29, 0.717) is 49.4 Å². The molecule has 64 heavy (non-hydrogen) atoms. The van der Waals surface area contributed by atoms with Gasteiger partial charge in [0.1, 0.15) is 42.1 Å². The molecule has 0 bridgehead atoms. The summed E-state index contributed by atoms with van der Waals surface area (Å²) in [5.41, 5.74) is 0.281. The number of aliphatic carboxylic acids is 1. The zero-order valence-corrected chi connectivity index (χ0v) is 36.9. The smallest absolute Gasteiger partial charge is 0.497 e. The van der Waals surface area contributed by atoms with Gasteiger partial charge in [0.05, 0.1) is 27.4 Å². The number of aryl methyl sites for hydroxylation is 1. The molecule has 2 heterocycles. The molecular weight excluding hydrogens is 825 g/mol. The van der Waals surface area contributed by atoms with Gasteiger partial charge in [-0.3, -0.25) is 23.9 Å². The van der Waals surface area contributed by atoms with Crippen LogP contribution in [0.15, 0.2) is 107 Å². The number of carboxylic acid groups (broad SMARTS) is 1. The number of esters is 1. The molecule has 3 atom stereocenters. The van der Waals surface area contributed by atoms with Crippen molar-refractivity contribution in [3.05, 3.63) is 140 Å². The van der Waals surface area contributed by atoms with Crippen LogP contribution < -0.4 is 20.7 Å². The van der Waals surface area contributed by atoms with Gasteiger partial charge in [0.15, 0.2) is 0 Å². The molecule has 0 radical (unpaired) electrons. The lowest BCUT2D eigenvalue weighted by molar-refractivity contribution is -0.144. The molecular formula is C49H60N2O13. The molecule has 4 aromatic rings. The van der Waals surface area contributed by atoms with E-state index in [0.717, 1.165) is 55.2 Å². The highest BCUT2D eigenvalue weighted by Crippen LogP contribution is 2.43. The minimum Gasteiger partial charge on any atom is -0.497 e. The number of benzene rings is 3. The van der Waals surface area contributed by atoms with E-state index < -0.39 is 47.4 Å². The number of carbonyl (C=O) groups is 3. The summed E-state index contributed by atoms with van der Waals surface area (Å²) >= 11 is 0. The van der Waals surface area contributed by atoms with E-state index >= 15 is 0 Å². The Labute approximate surface area is 373 Å². The Balaban J connectivity index is 1.20. The van der Waals surface area contributed by atoms with Gasteiger partial charge < -0.3 is 38.3 Å². The van der Waals surface area contributed by atoms with Crippen molar-refractivity contribution in [3.63, 3.8) is 0 Å². The zero-order chi connectivity index (χ0) is 45.7. The van der Waals surface area contributed by atoms with Crippen molar-refractivity contribution < 1.29 is 52.6 Å². The number of nitrogens with one attached hydrogen (secondary N) is 1. The first-order valence-electron chi connectivity index (χ1n) is 21.9. The van der Waals surface area contributed by atoms with Crippen LogP contribution in [0.1, 0.15) is 106 Å². The standard InChI is InChI=1S/C49H60N2O13/c1-35-33-51(47(56)50-46(35)55)43-32-41(64-48(57)61-31-17-10-6-9-16-30-60-45(54)21-15-8-5-4-7-14-20-44(52)53)42(63-43)34-62-49(36-18-12-11-13-19-36,37-22-26-39(58-2)27-23-37)38-24-28-40(59-3)29-25-38/h10-13,17-19,22-29,33,41-43H,4-9,14-16,20-21,30-32,34H2,1-3H3,(H,52,53)(H,50,55,56)/b17-10+/t41-,42+,43+/m0/s1. The van der Waals surface area contributed by atoms with Crippen LogP contribution in [0.4, 0.5) is 4.79 Å². The normalized spacial score (nSPS) is 16.1. The lowest BCUT2D eigenvalue weighted by Crippen LogP contribution is -2.39.